The molecule has 1 N–H and O–H groups in total. The van der Waals surface area contributed by atoms with Crippen LogP contribution in [-0.4, -0.2) is 28.5 Å². The van der Waals surface area contributed by atoms with Crippen LogP contribution in [0.25, 0.3) is 0 Å². The number of carbonyl (C=O) groups is 1. The number of phenolic OH excluding ortho intramolecular Hbond substituents is 1. The predicted octanol–water partition coefficient (Wildman–Crippen LogP) is 3.32. The molecule has 0 saturated carbocycles. The number of benzene rings is 1. The van der Waals surface area contributed by atoms with E-state index in [2.05, 4.69) is 6.07 Å². The molecule has 2 aliphatic heterocycles. The summed E-state index contributed by atoms with van der Waals surface area (Å²) >= 11 is 12.2. The Labute approximate surface area is 132 Å². The van der Waals surface area contributed by atoms with E-state index in [1.165, 1.54) is 6.07 Å². The molecule has 1 amide bonds. The number of nitriles is 1. The molecular formula is C15H14Cl2N2O2. The largest absolute Gasteiger partial charge is 0.508 e. The third kappa shape index (κ3) is 2.45. The second-order valence-electron chi connectivity index (χ2n) is 5.69. The van der Waals surface area contributed by atoms with Crippen LogP contribution in [0.5, 0.6) is 5.75 Å². The Bertz CT molecular complexity index is 641. The lowest BCUT2D eigenvalue weighted by Gasteiger charge is -2.31. The minimum absolute atomic E-state index is 0.0120. The Hall–Kier alpha value is -1.44. The number of carbonyl (C=O) groups excluding carboxylic acids is 1. The van der Waals surface area contributed by atoms with Crippen molar-refractivity contribution >= 4 is 29.1 Å². The van der Waals surface area contributed by atoms with Gasteiger partial charge >= 0.3 is 0 Å². The third-order valence-electron chi connectivity index (χ3n) is 4.41. The summed E-state index contributed by atoms with van der Waals surface area (Å²) in [5.41, 5.74) is 0.611. The first-order chi connectivity index (χ1) is 10.0. The molecule has 2 aliphatic rings. The van der Waals surface area contributed by atoms with Gasteiger partial charge in [0.1, 0.15) is 5.75 Å². The maximum absolute atomic E-state index is 12.1. The maximum atomic E-state index is 12.1. The monoisotopic (exact) mass is 324 g/mol. The van der Waals surface area contributed by atoms with Crippen molar-refractivity contribution < 1.29 is 9.90 Å². The highest BCUT2D eigenvalue weighted by atomic mass is 35.5. The van der Waals surface area contributed by atoms with Crippen LogP contribution in [0.15, 0.2) is 12.1 Å². The first-order valence-corrected chi connectivity index (χ1v) is 7.62. The number of rotatable bonds is 1. The molecule has 1 aromatic carbocycles. The molecule has 0 radical (unpaired) electrons. The third-order valence-corrected chi connectivity index (χ3v) is 5.23. The van der Waals surface area contributed by atoms with E-state index in [0.29, 0.717) is 35.0 Å². The molecule has 2 fully saturated rings. The number of hydrogen-bond donors (Lipinski definition) is 1. The Morgan fingerprint density at radius 1 is 1.33 bits per heavy atom. The zero-order chi connectivity index (χ0) is 15.1. The minimum atomic E-state index is -0.207. The lowest BCUT2D eigenvalue weighted by atomic mass is 9.89. The molecule has 0 unspecified atom stereocenters. The maximum Gasteiger partial charge on any atom is 0.224 e. The average molecular weight is 325 g/mol. The summed E-state index contributed by atoms with van der Waals surface area (Å²) in [7, 11) is 0. The summed E-state index contributed by atoms with van der Waals surface area (Å²) in [5, 5.41) is 19.9. The molecule has 2 saturated heterocycles. The molecule has 0 spiro atoms. The summed E-state index contributed by atoms with van der Waals surface area (Å²) in [4.78, 5) is 13.9. The molecular weight excluding hydrogens is 311 g/mol. The molecule has 6 heteroatoms. The summed E-state index contributed by atoms with van der Waals surface area (Å²) in [6, 6.07) is 5.33. The van der Waals surface area contributed by atoms with Crippen molar-refractivity contribution in [3.63, 3.8) is 0 Å². The van der Waals surface area contributed by atoms with Crippen LogP contribution < -0.4 is 0 Å². The summed E-state index contributed by atoms with van der Waals surface area (Å²) in [5.74, 6) is -0.125. The smallest absolute Gasteiger partial charge is 0.224 e. The predicted molar refractivity (Wildman–Crippen MR) is 79.3 cm³/mol. The van der Waals surface area contributed by atoms with Gasteiger partial charge in [-0.05, 0) is 25.0 Å². The van der Waals surface area contributed by atoms with Gasteiger partial charge in [-0.15, -0.1) is 0 Å². The molecule has 4 nitrogen and oxygen atoms in total. The van der Waals surface area contributed by atoms with Gasteiger partial charge in [-0.25, -0.2) is 0 Å². The number of aromatic hydroxyl groups is 1. The lowest BCUT2D eigenvalue weighted by molar-refractivity contribution is -0.135. The molecule has 1 aromatic rings. The van der Waals surface area contributed by atoms with E-state index in [9.17, 15) is 9.90 Å². The van der Waals surface area contributed by atoms with Crippen LogP contribution >= 0.6 is 23.2 Å². The number of hydrogen-bond acceptors (Lipinski definition) is 3. The van der Waals surface area contributed by atoms with E-state index >= 15 is 0 Å². The summed E-state index contributed by atoms with van der Waals surface area (Å²) < 4.78 is 0. The molecule has 0 aromatic heterocycles. The number of piperidine rings is 1. The highest BCUT2D eigenvalue weighted by Gasteiger charge is 2.42. The van der Waals surface area contributed by atoms with E-state index in [1.807, 2.05) is 4.90 Å². The molecule has 0 aliphatic carbocycles. The SMILES string of the molecule is N#C[C@@H]1CC(=O)N2C[C@@H](c3c(O)ccc(Cl)c3Cl)C[C@H]2C1. The highest BCUT2D eigenvalue weighted by Crippen LogP contribution is 2.45. The van der Waals surface area contributed by atoms with Gasteiger partial charge in [0, 0.05) is 30.5 Å². The topological polar surface area (TPSA) is 64.3 Å². The van der Waals surface area contributed by atoms with Crippen molar-refractivity contribution in [2.75, 3.05) is 6.54 Å². The molecule has 0 bridgehead atoms. The number of fused-ring (bicyclic) bond motifs is 1. The second kappa shape index (κ2) is 5.40. The second-order valence-corrected chi connectivity index (χ2v) is 6.48. The molecule has 3 atom stereocenters. The highest BCUT2D eigenvalue weighted by molar-refractivity contribution is 6.42. The van der Waals surface area contributed by atoms with Gasteiger partial charge in [0.2, 0.25) is 5.91 Å². The average Bonchev–Trinajstić information content (AvgIpc) is 2.87. The van der Waals surface area contributed by atoms with Crippen molar-refractivity contribution in [1.82, 2.24) is 4.90 Å². The van der Waals surface area contributed by atoms with Gasteiger partial charge in [0.15, 0.2) is 0 Å². The van der Waals surface area contributed by atoms with Crippen molar-refractivity contribution in [3.8, 4) is 11.8 Å². The van der Waals surface area contributed by atoms with Gasteiger partial charge in [-0.3, -0.25) is 4.79 Å². The van der Waals surface area contributed by atoms with Gasteiger partial charge in [-0.1, -0.05) is 23.2 Å². The Balaban J connectivity index is 1.90. The van der Waals surface area contributed by atoms with Crippen molar-refractivity contribution in [1.29, 1.82) is 5.26 Å². The number of phenols is 1. The lowest BCUT2D eigenvalue weighted by Crippen LogP contribution is -2.42. The van der Waals surface area contributed by atoms with Gasteiger partial charge < -0.3 is 10.0 Å². The van der Waals surface area contributed by atoms with Gasteiger partial charge in [0.05, 0.1) is 22.0 Å². The fourth-order valence-electron chi connectivity index (χ4n) is 3.44. The van der Waals surface area contributed by atoms with Gasteiger partial charge in [0.25, 0.3) is 0 Å². The Kier molecular flexibility index (Phi) is 3.73. The standard InChI is InChI=1S/C15H14Cl2N2O2/c16-11-1-2-12(20)14(15(11)17)9-5-10-3-8(6-18)4-13(21)19(10)7-9/h1-2,8-10,20H,3-5,7H2/t8-,9-,10+/m0/s1. The van der Waals surface area contributed by atoms with Crippen LogP contribution in [0.2, 0.25) is 10.0 Å². The van der Waals surface area contributed by atoms with Crippen LogP contribution in [0.1, 0.15) is 30.7 Å². The summed E-state index contributed by atoms with van der Waals surface area (Å²) in [6.07, 6.45) is 1.68. The first-order valence-electron chi connectivity index (χ1n) is 6.87. The van der Waals surface area contributed by atoms with Crippen LogP contribution in [0.3, 0.4) is 0 Å². The normalized spacial score (nSPS) is 28.3. The fourth-order valence-corrected chi connectivity index (χ4v) is 3.92. The van der Waals surface area contributed by atoms with Crippen LogP contribution in [-0.2, 0) is 4.79 Å². The molecule has 21 heavy (non-hydrogen) atoms. The van der Waals surface area contributed by atoms with Crippen LogP contribution in [0, 0.1) is 17.2 Å². The van der Waals surface area contributed by atoms with E-state index < -0.39 is 0 Å². The molecule has 3 rings (SSSR count). The Morgan fingerprint density at radius 2 is 2.10 bits per heavy atom. The zero-order valence-electron chi connectivity index (χ0n) is 11.2. The first kappa shape index (κ1) is 14.5. The molecule has 110 valence electrons. The number of nitrogens with zero attached hydrogens (tertiary/aromatic N) is 2. The molecule has 2 heterocycles. The van der Waals surface area contributed by atoms with E-state index in [-0.39, 0.29) is 36.0 Å². The fraction of sp³-hybridized carbons (Fsp3) is 0.467. The summed E-state index contributed by atoms with van der Waals surface area (Å²) in [6.45, 7) is 0.523. The van der Waals surface area contributed by atoms with Crippen LogP contribution in [0.4, 0.5) is 0 Å². The number of amides is 1. The van der Waals surface area contributed by atoms with E-state index in [1.54, 1.807) is 6.07 Å². The minimum Gasteiger partial charge on any atom is -0.508 e. The number of halogens is 2. The Morgan fingerprint density at radius 3 is 2.81 bits per heavy atom. The van der Waals surface area contributed by atoms with Crippen molar-refractivity contribution in [3.05, 3.63) is 27.7 Å². The van der Waals surface area contributed by atoms with Crippen molar-refractivity contribution in [2.45, 2.75) is 31.2 Å². The van der Waals surface area contributed by atoms with E-state index in [0.717, 1.165) is 0 Å². The quantitative estimate of drug-likeness (QED) is 0.861. The zero-order valence-corrected chi connectivity index (χ0v) is 12.7. The van der Waals surface area contributed by atoms with Crippen molar-refractivity contribution in [2.24, 2.45) is 5.92 Å². The van der Waals surface area contributed by atoms with Gasteiger partial charge in [-0.2, -0.15) is 5.26 Å². The van der Waals surface area contributed by atoms with E-state index in [4.69, 9.17) is 28.5 Å².